The Hall–Kier alpha value is -1.43. The lowest BCUT2D eigenvalue weighted by atomic mass is 10.3. The molecule has 0 saturated carbocycles. The predicted molar refractivity (Wildman–Crippen MR) is 50.3 cm³/mol. The molecule has 0 bridgehead atoms. The number of hydrogen-bond acceptors (Lipinski definition) is 3. The maximum Gasteiger partial charge on any atom is 0.434 e. The second-order valence-electron chi connectivity index (χ2n) is 2.78. The minimum absolute atomic E-state index is 0.329. The van der Waals surface area contributed by atoms with Gasteiger partial charge in [-0.3, -0.25) is 4.98 Å². The van der Waals surface area contributed by atoms with Crippen molar-refractivity contribution in [3.63, 3.8) is 0 Å². The molecule has 2 nitrogen and oxygen atoms in total. The minimum atomic E-state index is -4.38. The first-order valence-electron chi connectivity index (χ1n) is 4.00. The van der Waals surface area contributed by atoms with Crippen LogP contribution in [0.25, 0.3) is 10.6 Å². The molecule has 0 aliphatic carbocycles. The van der Waals surface area contributed by atoms with Crippen molar-refractivity contribution in [1.29, 1.82) is 0 Å². The van der Waals surface area contributed by atoms with Crippen LogP contribution in [-0.4, -0.2) is 9.97 Å². The Bertz CT molecular complexity index is 450. The predicted octanol–water partition coefficient (Wildman–Crippen LogP) is 3.22. The van der Waals surface area contributed by atoms with Crippen molar-refractivity contribution in [2.75, 3.05) is 0 Å². The fourth-order valence-corrected chi connectivity index (χ4v) is 1.84. The van der Waals surface area contributed by atoms with Gasteiger partial charge >= 0.3 is 6.18 Å². The van der Waals surface area contributed by atoms with E-state index < -0.39 is 11.9 Å². The van der Waals surface area contributed by atoms with E-state index in [0.717, 1.165) is 16.7 Å². The zero-order chi connectivity index (χ0) is 10.9. The van der Waals surface area contributed by atoms with Crippen molar-refractivity contribution in [3.8, 4) is 10.6 Å². The summed E-state index contributed by atoms with van der Waals surface area (Å²) in [7, 11) is 0. The Labute approximate surface area is 87.4 Å². The van der Waals surface area contributed by atoms with E-state index in [1.807, 2.05) is 0 Å². The van der Waals surface area contributed by atoms with Gasteiger partial charge in [0.15, 0.2) is 5.69 Å². The van der Waals surface area contributed by atoms with Crippen molar-refractivity contribution in [3.05, 3.63) is 35.6 Å². The summed E-state index contributed by atoms with van der Waals surface area (Å²) >= 11 is 0.958. The van der Waals surface area contributed by atoms with Gasteiger partial charge in [0.2, 0.25) is 0 Å². The fraction of sp³-hybridized carbons (Fsp3) is 0.111. The summed E-state index contributed by atoms with van der Waals surface area (Å²) in [5.41, 5.74) is -0.260. The second-order valence-corrected chi connectivity index (χ2v) is 3.64. The molecular weight excluding hydrogens is 225 g/mol. The molecule has 2 aromatic rings. The first-order chi connectivity index (χ1) is 7.07. The third-order valence-electron chi connectivity index (χ3n) is 1.70. The number of thiazole rings is 1. The molecule has 2 aromatic heterocycles. The lowest BCUT2D eigenvalue weighted by Crippen LogP contribution is -2.04. The van der Waals surface area contributed by atoms with Gasteiger partial charge in [0.05, 0.1) is 0 Å². The molecular formula is C9H5F3N2S. The van der Waals surface area contributed by atoms with Crippen LogP contribution in [0.15, 0.2) is 29.9 Å². The number of aromatic nitrogens is 2. The van der Waals surface area contributed by atoms with E-state index in [1.165, 1.54) is 6.20 Å². The first-order valence-corrected chi connectivity index (χ1v) is 4.88. The molecule has 15 heavy (non-hydrogen) atoms. The first kappa shape index (κ1) is 10.1. The van der Waals surface area contributed by atoms with Crippen LogP contribution in [0.5, 0.6) is 0 Å². The van der Waals surface area contributed by atoms with E-state index in [1.54, 1.807) is 18.3 Å². The van der Waals surface area contributed by atoms with Crippen LogP contribution in [0.1, 0.15) is 5.69 Å². The maximum atomic E-state index is 12.2. The Morgan fingerprint density at radius 3 is 2.60 bits per heavy atom. The van der Waals surface area contributed by atoms with Crippen LogP contribution in [0.2, 0.25) is 0 Å². The average molecular weight is 230 g/mol. The quantitative estimate of drug-likeness (QED) is 0.751. The Balaban J connectivity index is 2.37. The molecule has 0 radical (unpaired) electrons. The molecule has 0 amide bonds. The normalized spacial score (nSPS) is 11.7. The van der Waals surface area contributed by atoms with Crippen LogP contribution in [0.4, 0.5) is 13.2 Å². The monoisotopic (exact) mass is 230 g/mol. The molecule has 0 aromatic carbocycles. The molecule has 0 aliphatic heterocycles. The lowest BCUT2D eigenvalue weighted by Gasteiger charge is -1.99. The number of halogens is 3. The zero-order valence-electron chi connectivity index (χ0n) is 7.32. The van der Waals surface area contributed by atoms with Gasteiger partial charge in [-0.05, 0) is 12.1 Å². The smallest absolute Gasteiger partial charge is 0.264 e. The van der Waals surface area contributed by atoms with Crippen LogP contribution >= 0.6 is 11.3 Å². The number of hydrogen-bond donors (Lipinski definition) is 0. The summed E-state index contributed by atoms with van der Waals surface area (Å²) in [5, 5.41) is 1.33. The molecule has 2 rings (SSSR count). The number of rotatable bonds is 1. The van der Waals surface area contributed by atoms with E-state index in [9.17, 15) is 13.2 Å². The topological polar surface area (TPSA) is 25.8 Å². The largest absolute Gasteiger partial charge is 0.434 e. The van der Waals surface area contributed by atoms with Crippen molar-refractivity contribution in [2.24, 2.45) is 0 Å². The lowest BCUT2D eigenvalue weighted by molar-refractivity contribution is -0.140. The van der Waals surface area contributed by atoms with E-state index >= 15 is 0 Å². The Morgan fingerprint density at radius 2 is 2.07 bits per heavy atom. The molecule has 0 spiro atoms. The minimum Gasteiger partial charge on any atom is -0.264 e. The Morgan fingerprint density at radius 1 is 1.27 bits per heavy atom. The number of alkyl halides is 3. The van der Waals surface area contributed by atoms with Gasteiger partial charge in [-0.15, -0.1) is 11.3 Å². The van der Waals surface area contributed by atoms with Gasteiger partial charge in [0.25, 0.3) is 0 Å². The van der Waals surface area contributed by atoms with E-state index in [4.69, 9.17) is 0 Å². The van der Waals surface area contributed by atoms with Gasteiger partial charge in [-0.1, -0.05) is 0 Å². The summed E-state index contributed by atoms with van der Waals surface area (Å²) in [6, 6.07) is 3.33. The molecule has 0 atom stereocenters. The van der Waals surface area contributed by atoms with Crippen molar-refractivity contribution in [1.82, 2.24) is 9.97 Å². The van der Waals surface area contributed by atoms with E-state index in [-0.39, 0.29) is 0 Å². The van der Waals surface area contributed by atoms with Crippen molar-refractivity contribution >= 4 is 11.3 Å². The van der Waals surface area contributed by atoms with Crippen molar-refractivity contribution in [2.45, 2.75) is 6.18 Å². The fourth-order valence-electron chi connectivity index (χ4n) is 1.03. The van der Waals surface area contributed by atoms with Gasteiger partial charge in [0, 0.05) is 23.3 Å². The van der Waals surface area contributed by atoms with Crippen LogP contribution in [0.3, 0.4) is 0 Å². The van der Waals surface area contributed by atoms with Gasteiger partial charge < -0.3 is 0 Å². The SMILES string of the molecule is FC(F)(F)c1csc(-c2cccnc2)n1. The number of nitrogens with zero attached hydrogens (tertiary/aromatic N) is 2. The van der Waals surface area contributed by atoms with Crippen LogP contribution in [-0.2, 0) is 6.18 Å². The molecule has 0 aliphatic rings. The molecule has 2 heterocycles. The summed E-state index contributed by atoms with van der Waals surface area (Å²) in [5.74, 6) is 0. The maximum absolute atomic E-state index is 12.2. The molecule has 78 valence electrons. The van der Waals surface area contributed by atoms with E-state index in [0.29, 0.717) is 10.6 Å². The third-order valence-corrected chi connectivity index (χ3v) is 2.59. The van der Waals surface area contributed by atoms with E-state index in [2.05, 4.69) is 9.97 Å². The van der Waals surface area contributed by atoms with Gasteiger partial charge in [-0.2, -0.15) is 13.2 Å². The highest BCUT2D eigenvalue weighted by atomic mass is 32.1. The van der Waals surface area contributed by atoms with Crippen LogP contribution in [0, 0.1) is 0 Å². The molecule has 6 heteroatoms. The van der Waals surface area contributed by atoms with Crippen molar-refractivity contribution < 1.29 is 13.2 Å². The molecule has 0 unspecified atom stereocenters. The third kappa shape index (κ3) is 2.15. The average Bonchev–Trinajstić information content (AvgIpc) is 2.67. The molecule has 0 saturated heterocycles. The highest BCUT2D eigenvalue weighted by Crippen LogP contribution is 2.33. The summed E-state index contributed by atoms with van der Waals surface area (Å²) in [6.07, 6.45) is -1.34. The standard InChI is InChI=1S/C9H5F3N2S/c10-9(11,12)7-5-15-8(14-7)6-2-1-3-13-4-6/h1-5H. The van der Waals surface area contributed by atoms with Crippen LogP contribution < -0.4 is 0 Å². The highest BCUT2D eigenvalue weighted by Gasteiger charge is 2.33. The van der Waals surface area contributed by atoms with Gasteiger partial charge in [0.1, 0.15) is 5.01 Å². The molecule has 0 N–H and O–H groups in total. The number of pyridine rings is 1. The second kappa shape index (κ2) is 3.62. The summed E-state index contributed by atoms with van der Waals surface area (Å²) in [4.78, 5) is 7.32. The Kier molecular flexibility index (Phi) is 2.44. The zero-order valence-corrected chi connectivity index (χ0v) is 8.14. The summed E-state index contributed by atoms with van der Waals surface area (Å²) in [6.45, 7) is 0. The summed E-state index contributed by atoms with van der Waals surface area (Å²) < 4.78 is 36.7. The van der Waals surface area contributed by atoms with Gasteiger partial charge in [-0.25, -0.2) is 4.98 Å². The molecule has 0 fully saturated rings. The highest BCUT2D eigenvalue weighted by molar-refractivity contribution is 7.13.